The number of ether oxygens (including phenoxy) is 1. The second-order valence-electron chi connectivity index (χ2n) is 7.59. The number of benzene rings is 2. The van der Waals surface area contributed by atoms with Crippen LogP contribution in [0.2, 0.25) is 0 Å². The van der Waals surface area contributed by atoms with E-state index in [1.807, 2.05) is 13.8 Å². The van der Waals surface area contributed by atoms with Gasteiger partial charge in [0.2, 0.25) is 0 Å². The van der Waals surface area contributed by atoms with E-state index in [0.717, 1.165) is 0 Å². The fourth-order valence-corrected chi connectivity index (χ4v) is 2.73. The second kappa shape index (κ2) is 10.8. The molecule has 2 amide bonds. The van der Waals surface area contributed by atoms with Crippen LogP contribution in [0.15, 0.2) is 77.0 Å². The highest BCUT2D eigenvalue weighted by atomic mass is 16.5. The highest BCUT2D eigenvalue weighted by Crippen LogP contribution is 2.16. The molecule has 1 aromatic heterocycles. The number of carboxylic acids is 1. The largest absolute Gasteiger partial charge is 0.493 e. The fraction of sp³-hybridized carbons (Fsp3) is 0.160. The highest BCUT2D eigenvalue weighted by molar-refractivity contribution is 6.10. The van der Waals surface area contributed by atoms with Gasteiger partial charge in [0.15, 0.2) is 0 Å². The van der Waals surface area contributed by atoms with Crippen LogP contribution in [0.4, 0.5) is 5.69 Å². The number of carbonyl (C=O) groups excluding carboxylic acids is 2. The molecule has 170 valence electrons. The van der Waals surface area contributed by atoms with Gasteiger partial charge in [0.1, 0.15) is 17.2 Å². The minimum absolute atomic E-state index is 0.0441. The third-order valence-electron chi connectivity index (χ3n) is 4.41. The number of furan rings is 1. The molecular weight excluding hydrogens is 424 g/mol. The van der Waals surface area contributed by atoms with Gasteiger partial charge in [-0.25, -0.2) is 4.79 Å². The molecule has 33 heavy (non-hydrogen) atoms. The molecule has 3 rings (SSSR count). The van der Waals surface area contributed by atoms with Crippen molar-refractivity contribution in [2.24, 2.45) is 5.92 Å². The summed E-state index contributed by atoms with van der Waals surface area (Å²) in [5, 5.41) is 14.2. The molecule has 0 aliphatic heterocycles. The van der Waals surface area contributed by atoms with Gasteiger partial charge >= 0.3 is 5.97 Å². The van der Waals surface area contributed by atoms with Crippen molar-refractivity contribution < 1.29 is 28.6 Å². The molecule has 0 aliphatic rings. The number of rotatable bonds is 9. The molecule has 0 spiro atoms. The van der Waals surface area contributed by atoms with Crippen LogP contribution in [-0.2, 0) is 4.79 Å². The zero-order valence-corrected chi connectivity index (χ0v) is 18.2. The van der Waals surface area contributed by atoms with Crippen molar-refractivity contribution >= 4 is 29.5 Å². The molecular formula is C25H24N2O6. The van der Waals surface area contributed by atoms with Gasteiger partial charge in [-0.1, -0.05) is 13.8 Å². The maximum Gasteiger partial charge on any atom is 0.335 e. The number of carbonyl (C=O) groups is 3. The SMILES string of the molecule is CC(C)COc1ccc(C(=O)N/C(=C/c2ccco2)C(=O)Nc2ccc(C(=O)O)cc2)cc1. The first-order valence-corrected chi connectivity index (χ1v) is 10.3. The molecule has 0 unspecified atom stereocenters. The number of anilines is 1. The van der Waals surface area contributed by atoms with Gasteiger partial charge in [-0.15, -0.1) is 0 Å². The summed E-state index contributed by atoms with van der Waals surface area (Å²) < 4.78 is 10.9. The lowest BCUT2D eigenvalue weighted by atomic mass is 10.2. The summed E-state index contributed by atoms with van der Waals surface area (Å²) in [5.41, 5.74) is 0.762. The van der Waals surface area contributed by atoms with Crippen LogP contribution in [0.1, 0.15) is 40.3 Å². The van der Waals surface area contributed by atoms with E-state index < -0.39 is 17.8 Å². The quantitative estimate of drug-likeness (QED) is 0.417. The number of aromatic carboxylic acids is 1. The predicted octanol–water partition coefficient (Wildman–Crippen LogP) is 4.42. The Morgan fingerprint density at radius 2 is 1.67 bits per heavy atom. The predicted molar refractivity (Wildman–Crippen MR) is 123 cm³/mol. The van der Waals surface area contributed by atoms with E-state index in [9.17, 15) is 14.4 Å². The van der Waals surface area contributed by atoms with Gasteiger partial charge < -0.3 is 24.9 Å². The number of hydrogen-bond acceptors (Lipinski definition) is 5. The summed E-state index contributed by atoms with van der Waals surface area (Å²) in [4.78, 5) is 36.6. The molecule has 2 aromatic carbocycles. The molecule has 0 saturated carbocycles. The van der Waals surface area contributed by atoms with E-state index in [-0.39, 0.29) is 11.3 Å². The van der Waals surface area contributed by atoms with E-state index >= 15 is 0 Å². The molecule has 1 heterocycles. The van der Waals surface area contributed by atoms with Gasteiger partial charge in [-0.3, -0.25) is 9.59 Å². The molecule has 0 saturated heterocycles. The van der Waals surface area contributed by atoms with Crippen molar-refractivity contribution in [3.8, 4) is 5.75 Å². The zero-order chi connectivity index (χ0) is 23.8. The Balaban J connectivity index is 1.74. The lowest BCUT2D eigenvalue weighted by Gasteiger charge is -2.12. The van der Waals surface area contributed by atoms with Crippen molar-refractivity contribution in [2.45, 2.75) is 13.8 Å². The Morgan fingerprint density at radius 3 is 2.24 bits per heavy atom. The minimum atomic E-state index is -1.07. The minimum Gasteiger partial charge on any atom is -0.493 e. The summed E-state index contributed by atoms with van der Waals surface area (Å²) in [6.45, 7) is 4.65. The molecule has 0 bridgehead atoms. The Labute approximate surface area is 190 Å². The van der Waals surface area contributed by atoms with Gasteiger partial charge in [0, 0.05) is 17.3 Å². The molecule has 8 nitrogen and oxygen atoms in total. The fourth-order valence-electron chi connectivity index (χ4n) is 2.73. The zero-order valence-electron chi connectivity index (χ0n) is 18.2. The maximum atomic E-state index is 12.9. The van der Waals surface area contributed by atoms with E-state index in [0.29, 0.717) is 35.3 Å². The molecule has 0 atom stereocenters. The van der Waals surface area contributed by atoms with Gasteiger partial charge in [0.25, 0.3) is 11.8 Å². The van der Waals surface area contributed by atoms with Crippen LogP contribution in [0, 0.1) is 5.92 Å². The highest BCUT2D eigenvalue weighted by Gasteiger charge is 2.16. The summed E-state index contributed by atoms with van der Waals surface area (Å²) in [7, 11) is 0. The average Bonchev–Trinajstić information content (AvgIpc) is 3.31. The molecule has 0 radical (unpaired) electrons. The molecule has 3 aromatic rings. The van der Waals surface area contributed by atoms with E-state index in [1.165, 1.54) is 36.6 Å². The van der Waals surface area contributed by atoms with Crippen LogP contribution >= 0.6 is 0 Å². The van der Waals surface area contributed by atoms with Crippen molar-refractivity contribution in [1.29, 1.82) is 0 Å². The summed E-state index contributed by atoms with van der Waals surface area (Å²) in [6, 6.07) is 15.6. The summed E-state index contributed by atoms with van der Waals surface area (Å²) >= 11 is 0. The first kappa shape index (κ1) is 23.3. The van der Waals surface area contributed by atoms with E-state index in [2.05, 4.69) is 10.6 Å². The average molecular weight is 448 g/mol. The molecule has 0 fully saturated rings. The van der Waals surface area contributed by atoms with Crippen molar-refractivity contribution in [3.63, 3.8) is 0 Å². The van der Waals surface area contributed by atoms with Gasteiger partial charge in [0.05, 0.1) is 18.4 Å². The van der Waals surface area contributed by atoms with E-state index in [1.54, 1.807) is 36.4 Å². The first-order valence-electron chi connectivity index (χ1n) is 10.3. The normalized spacial score (nSPS) is 11.2. The molecule has 8 heteroatoms. The Hall–Kier alpha value is -4.33. The maximum absolute atomic E-state index is 12.9. The van der Waals surface area contributed by atoms with Gasteiger partial charge in [-0.05, 0) is 66.6 Å². The Morgan fingerprint density at radius 1 is 1.00 bits per heavy atom. The Kier molecular flexibility index (Phi) is 7.64. The van der Waals surface area contributed by atoms with Gasteiger partial charge in [-0.2, -0.15) is 0 Å². The lowest BCUT2D eigenvalue weighted by Crippen LogP contribution is -2.30. The van der Waals surface area contributed by atoms with Crippen molar-refractivity contribution in [1.82, 2.24) is 5.32 Å². The number of nitrogens with one attached hydrogen (secondary N) is 2. The summed E-state index contributed by atoms with van der Waals surface area (Å²) in [5.74, 6) is -0.757. The van der Waals surface area contributed by atoms with Crippen molar-refractivity contribution in [3.05, 3.63) is 89.5 Å². The standard InChI is InChI=1S/C25H24N2O6/c1-16(2)15-33-20-11-7-17(8-12-20)23(28)27-22(14-21-4-3-13-32-21)24(29)26-19-9-5-18(6-10-19)25(30)31/h3-14,16H,15H2,1-2H3,(H,26,29)(H,27,28)(H,30,31)/b22-14+. The van der Waals surface area contributed by atoms with Crippen LogP contribution < -0.4 is 15.4 Å². The van der Waals surface area contributed by atoms with Crippen molar-refractivity contribution in [2.75, 3.05) is 11.9 Å². The third-order valence-corrected chi connectivity index (χ3v) is 4.41. The number of carboxylic acid groups (broad SMARTS) is 1. The Bertz CT molecular complexity index is 1130. The van der Waals surface area contributed by atoms with Crippen LogP contribution in [-0.4, -0.2) is 29.5 Å². The van der Waals surface area contributed by atoms with Crippen LogP contribution in [0.3, 0.4) is 0 Å². The van der Waals surface area contributed by atoms with E-state index in [4.69, 9.17) is 14.3 Å². The summed E-state index contributed by atoms with van der Waals surface area (Å²) in [6.07, 6.45) is 2.85. The topological polar surface area (TPSA) is 118 Å². The first-order chi connectivity index (χ1) is 15.8. The number of hydrogen-bond donors (Lipinski definition) is 3. The third kappa shape index (κ3) is 6.83. The monoisotopic (exact) mass is 448 g/mol. The number of amides is 2. The smallest absolute Gasteiger partial charge is 0.335 e. The lowest BCUT2D eigenvalue weighted by molar-refractivity contribution is -0.113. The molecule has 0 aliphatic carbocycles. The molecule has 3 N–H and O–H groups in total. The second-order valence-corrected chi connectivity index (χ2v) is 7.59. The van der Waals surface area contributed by atoms with Crippen LogP contribution in [0.25, 0.3) is 6.08 Å². The van der Waals surface area contributed by atoms with Crippen LogP contribution in [0.5, 0.6) is 5.75 Å².